The van der Waals surface area contributed by atoms with Crippen LogP contribution in [0.3, 0.4) is 0 Å². The monoisotopic (exact) mass is 411 g/mol. The zero-order chi connectivity index (χ0) is 21.2. The molecule has 1 aliphatic heterocycles. The van der Waals surface area contributed by atoms with E-state index in [2.05, 4.69) is 15.4 Å². The predicted octanol–water partition coefficient (Wildman–Crippen LogP) is 2.59. The molecule has 0 amide bonds. The average molecular weight is 411 g/mol. The first-order valence-corrected chi connectivity index (χ1v) is 9.06. The molecule has 29 heavy (non-hydrogen) atoms. The van der Waals surface area contributed by atoms with Gasteiger partial charge in [0.1, 0.15) is 0 Å². The van der Waals surface area contributed by atoms with Gasteiger partial charge in [-0.3, -0.25) is 9.67 Å². The van der Waals surface area contributed by atoms with Crippen molar-refractivity contribution in [2.24, 2.45) is 12.0 Å². The Morgan fingerprint density at radius 3 is 2.45 bits per heavy atom. The van der Waals surface area contributed by atoms with Crippen LogP contribution in [0.1, 0.15) is 22.4 Å². The molecule has 0 fully saturated rings. The number of guanidine groups is 1. The molecule has 0 saturated carbocycles. The van der Waals surface area contributed by atoms with Crippen LogP contribution in [-0.4, -0.2) is 48.5 Å². The molecule has 1 aromatic carbocycles. The highest BCUT2D eigenvalue weighted by molar-refractivity contribution is 5.80. The van der Waals surface area contributed by atoms with Gasteiger partial charge in [0.2, 0.25) is 0 Å². The number of aliphatic imine (C=N–C) groups is 1. The third-order valence-corrected chi connectivity index (χ3v) is 4.84. The highest BCUT2D eigenvalue weighted by Crippen LogP contribution is 2.33. The predicted molar refractivity (Wildman–Crippen MR) is 102 cm³/mol. The maximum absolute atomic E-state index is 13.2. The molecular formula is C19H24F3N5O2. The molecule has 158 valence electrons. The number of ether oxygens (including phenoxy) is 2. The molecule has 0 radical (unpaired) electrons. The van der Waals surface area contributed by atoms with Crippen molar-refractivity contribution >= 4 is 5.96 Å². The Bertz CT molecular complexity index is 908. The van der Waals surface area contributed by atoms with E-state index in [1.165, 1.54) is 17.9 Å². The van der Waals surface area contributed by atoms with Gasteiger partial charge in [0.15, 0.2) is 23.2 Å². The highest BCUT2D eigenvalue weighted by Gasteiger charge is 2.37. The molecule has 1 N–H and O–H groups in total. The number of nitrogens with one attached hydrogen (secondary N) is 1. The van der Waals surface area contributed by atoms with Gasteiger partial charge in [0, 0.05) is 45.5 Å². The second-order valence-corrected chi connectivity index (χ2v) is 6.72. The summed E-state index contributed by atoms with van der Waals surface area (Å²) in [5.74, 6) is 1.85. The van der Waals surface area contributed by atoms with Crippen molar-refractivity contribution in [2.75, 3.05) is 27.8 Å². The first-order chi connectivity index (χ1) is 13.8. The Balaban J connectivity index is 1.74. The van der Waals surface area contributed by atoms with E-state index in [0.717, 1.165) is 17.5 Å². The van der Waals surface area contributed by atoms with Gasteiger partial charge in [-0.15, -0.1) is 0 Å². The number of methoxy groups -OCH3 is 2. The number of alkyl halides is 3. The summed E-state index contributed by atoms with van der Waals surface area (Å²) < 4.78 is 51.4. The number of aryl methyl sites for hydroxylation is 1. The first kappa shape index (κ1) is 20.8. The number of benzene rings is 1. The van der Waals surface area contributed by atoms with Gasteiger partial charge in [-0.25, -0.2) is 0 Å². The van der Waals surface area contributed by atoms with Crippen molar-refractivity contribution < 1.29 is 22.6 Å². The van der Waals surface area contributed by atoms with Gasteiger partial charge < -0.3 is 19.7 Å². The average Bonchev–Trinajstić information content (AvgIpc) is 3.08. The number of nitrogens with zero attached hydrogens (tertiary/aromatic N) is 4. The van der Waals surface area contributed by atoms with Crippen molar-refractivity contribution in [2.45, 2.75) is 25.7 Å². The minimum Gasteiger partial charge on any atom is -0.493 e. The molecular weight excluding hydrogens is 387 g/mol. The number of rotatable bonds is 4. The smallest absolute Gasteiger partial charge is 0.435 e. The van der Waals surface area contributed by atoms with Gasteiger partial charge in [0.25, 0.3) is 0 Å². The topological polar surface area (TPSA) is 63.9 Å². The number of hydrogen-bond donors (Lipinski definition) is 1. The van der Waals surface area contributed by atoms with Crippen molar-refractivity contribution in [3.63, 3.8) is 0 Å². The highest BCUT2D eigenvalue weighted by atomic mass is 19.4. The van der Waals surface area contributed by atoms with Crippen LogP contribution in [0.4, 0.5) is 13.2 Å². The van der Waals surface area contributed by atoms with Crippen molar-refractivity contribution in [1.29, 1.82) is 0 Å². The summed E-state index contributed by atoms with van der Waals surface area (Å²) in [4.78, 5) is 6.24. The van der Waals surface area contributed by atoms with Crippen LogP contribution >= 0.6 is 0 Å². The van der Waals surface area contributed by atoms with Crippen molar-refractivity contribution in [3.8, 4) is 11.5 Å². The van der Waals surface area contributed by atoms with Crippen molar-refractivity contribution in [3.05, 3.63) is 40.7 Å². The van der Waals surface area contributed by atoms with Crippen LogP contribution in [0.5, 0.6) is 11.5 Å². The molecule has 10 heteroatoms. The first-order valence-electron chi connectivity index (χ1n) is 9.06. The van der Waals surface area contributed by atoms with Gasteiger partial charge in [0.05, 0.1) is 14.2 Å². The Morgan fingerprint density at radius 2 is 1.86 bits per heavy atom. The van der Waals surface area contributed by atoms with Crippen LogP contribution in [0.15, 0.2) is 23.3 Å². The molecule has 0 spiro atoms. The third kappa shape index (κ3) is 4.41. The molecule has 0 unspecified atom stereocenters. The van der Waals surface area contributed by atoms with E-state index in [1.807, 2.05) is 17.0 Å². The van der Waals surface area contributed by atoms with E-state index in [4.69, 9.17) is 9.47 Å². The maximum atomic E-state index is 13.2. The van der Waals surface area contributed by atoms with Gasteiger partial charge in [-0.1, -0.05) is 0 Å². The summed E-state index contributed by atoms with van der Waals surface area (Å²) in [7, 11) is 6.26. The quantitative estimate of drug-likeness (QED) is 0.619. The zero-order valence-corrected chi connectivity index (χ0v) is 16.8. The third-order valence-electron chi connectivity index (χ3n) is 4.84. The van der Waals surface area contributed by atoms with Crippen LogP contribution in [0, 0.1) is 0 Å². The number of fused-ring (bicyclic) bond motifs is 1. The Hall–Kier alpha value is -2.91. The molecule has 0 aliphatic carbocycles. The van der Waals surface area contributed by atoms with Crippen molar-refractivity contribution in [1.82, 2.24) is 20.0 Å². The van der Waals surface area contributed by atoms with Crippen LogP contribution in [-0.2, 0) is 32.7 Å². The molecule has 1 aromatic heterocycles. The minimum absolute atomic E-state index is 0.0232. The number of halogens is 3. The van der Waals surface area contributed by atoms with Crippen LogP contribution in [0.2, 0.25) is 0 Å². The number of aromatic nitrogens is 2. The zero-order valence-electron chi connectivity index (χ0n) is 16.8. The molecule has 1 aliphatic rings. The fourth-order valence-electron chi connectivity index (χ4n) is 3.48. The Labute approximate surface area is 167 Å². The Morgan fingerprint density at radius 1 is 1.21 bits per heavy atom. The normalized spacial score (nSPS) is 14.6. The lowest BCUT2D eigenvalue weighted by Crippen LogP contribution is -2.43. The van der Waals surface area contributed by atoms with E-state index in [9.17, 15) is 13.2 Å². The largest absolute Gasteiger partial charge is 0.493 e. The molecule has 0 saturated heterocycles. The van der Waals surface area contributed by atoms with E-state index in [-0.39, 0.29) is 12.1 Å². The molecule has 0 bridgehead atoms. The van der Waals surface area contributed by atoms with E-state index >= 15 is 0 Å². The fraction of sp³-hybridized carbons (Fsp3) is 0.474. The Kier molecular flexibility index (Phi) is 5.90. The SMILES string of the molecule is CN=C(NCc1cn(C)nc1C(F)(F)F)N1CCc2cc(OC)c(OC)cc2C1. The van der Waals surface area contributed by atoms with Crippen LogP contribution < -0.4 is 14.8 Å². The summed E-state index contributed by atoms with van der Waals surface area (Å²) in [6.07, 6.45) is -2.37. The number of hydrogen-bond acceptors (Lipinski definition) is 4. The van der Waals surface area contributed by atoms with E-state index < -0.39 is 11.9 Å². The van der Waals surface area contributed by atoms with E-state index in [1.54, 1.807) is 21.3 Å². The molecule has 2 heterocycles. The van der Waals surface area contributed by atoms with Crippen LogP contribution in [0.25, 0.3) is 0 Å². The molecule has 7 nitrogen and oxygen atoms in total. The summed E-state index contributed by atoms with van der Waals surface area (Å²) in [5, 5.41) is 6.57. The fourth-order valence-corrected chi connectivity index (χ4v) is 3.48. The second-order valence-electron chi connectivity index (χ2n) is 6.72. The van der Waals surface area contributed by atoms with Gasteiger partial charge >= 0.3 is 6.18 Å². The molecule has 0 atom stereocenters. The summed E-state index contributed by atoms with van der Waals surface area (Å²) in [5.41, 5.74) is 1.41. The minimum atomic E-state index is -4.50. The second kappa shape index (κ2) is 8.22. The summed E-state index contributed by atoms with van der Waals surface area (Å²) in [6, 6.07) is 3.89. The lowest BCUT2D eigenvalue weighted by molar-refractivity contribution is -0.142. The lowest BCUT2D eigenvalue weighted by Gasteiger charge is -2.32. The van der Waals surface area contributed by atoms with E-state index in [0.29, 0.717) is 30.5 Å². The summed E-state index contributed by atoms with van der Waals surface area (Å²) >= 11 is 0. The van der Waals surface area contributed by atoms with Gasteiger partial charge in [-0.2, -0.15) is 18.3 Å². The van der Waals surface area contributed by atoms with Gasteiger partial charge in [-0.05, 0) is 29.7 Å². The standard InChI is InChI=1S/C19H24F3N5O2/c1-23-18(24-9-14-10-26(2)25-17(14)19(20,21)22)27-6-5-12-7-15(28-3)16(29-4)8-13(12)11-27/h7-8,10H,5-6,9,11H2,1-4H3,(H,23,24). The summed E-state index contributed by atoms with van der Waals surface area (Å²) in [6.45, 7) is 1.22. The lowest BCUT2D eigenvalue weighted by atomic mass is 9.99. The molecule has 2 aromatic rings. The maximum Gasteiger partial charge on any atom is 0.435 e. The molecule has 3 rings (SSSR count).